The standard InChI is InChI=1S/C24H25NO4S/c1-18(2)21-14-15-23(24(16-21)29-17-20-10-6-4-7-11-20)25(19(3)26)30(27,28)22-12-8-5-9-13-22/h4-16,18H,17H2,1-3H3. The first-order chi connectivity index (χ1) is 14.3. The predicted molar refractivity (Wildman–Crippen MR) is 118 cm³/mol. The van der Waals surface area contributed by atoms with E-state index in [1.165, 1.54) is 19.1 Å². The van der Waals surface area contributed by atoms with E-state index < -0.39 is 15.9 Å². The Morgan fingerprint density at radius 1 is 0.933 bits per heavy atom. The number of hydrogen-bond donors (Lipinski definition) is 0. The number of rotatable bonds is 7. The molecule has 0 aliphatic carbocycles. The van der Waals surface area contributed by atoms with Crippen molar-refractivity contribution < 1.29 is 17.9 Å². The molecule has 0 bridgehead atoms. The normalized spacial score (nSPS) is 11.3. The Labute approximate surface area is 178 Å². The number of amides is 1. The molecule has 3 aromatic rings. The summed E-state index contributed by atoms with van der Waals surface area (Å²) in [7, 11) is -4.09. The van der Waals surface area contributed by atoms with Gasteiger partial charge in [-0.3, -0.25) is 4.79 Å². The molecule has 3 aromatic carbocycles. The van der Waals surface area contributed by atoms with Crippen LogP contribution in [0.25, 0.3) is 0 Å². The van der Waals surface area contributed by atoms with Gasteiger partial charge in [-0.15, -0.1) is 0 Å². The Bertz CT molecular complexity index is 1110. The molecule has 0 aromatic heterocycles. The van der Waals surface area contributed by atoms with Gasteiger partial charge in [0.25, 0.3) is 10.0 Å². The summed E-state index contributed by atoms with van der Waals surface area (Å²) in [4.78, 5) is 12.5. The van der Waals surface area contributed by atoms with Crippen LogP contribution in [0, 0.1) is 0 Å². The van der Waals surface area contributed by atoms with Crippen molar-refractivity contribution in [1.82, 2.24) is 0 Å². The minimum Gasteiger partial charge on any atom is -0.487 e. The summed E-state index contributed by atoms with van der Waals surface area (Å²) in [5.41, 5.74) is 2.13. The maximum absolute atomic E-state index is 13.3. The number of hydrogen-bond acceptors (Lipinski definition) is 4. The Morgan fingerprint density at radius 3 is 2.10 bits per heavy atom. The van der Waals surface area contributed by atoms with Crippen molar-refractivity contribution in [2.75, 3.05) is 4.31 Å². The molecule has 0 aliphatic heterocycles. The number of anilines is 1. The van der Waals surface area contributed by atoms with Crippen molar-refractivity contribution in [3.63, 3.8) is 0 Å². The number of carbonyl (C=O) groups is 1. The van der Waals surface area contributed by atoms with Crippen LogP contribution in [0.15, 0.2) is 83.8 Å². The van der Waals surface area contributed by atoms with E-state index in [9.17, 15) is 13.2 Å². The van der Waals surface area contributed by atoms with Crippen LogP contribution in [0.5, 0.6) is 5.75 Å². The van der Waals surface area contributed by atoms with Gasteiger partial charge in [-0.2, -0.15) is 4.31 Å². The van der Waals surface area contributed by atoms with Gasteiger partial charge in [0.05, 0.1) is 4.90 Å². The van der Waals surface area contributed by atoms with Crippen molar-refractivity contribution in [2.45, 2.75) is 38.2 Å². The summed E-state index contributed by atoms with van der Waals surface area (Å²) in [6.07, 6.45) is 0. The molecule has 1 amide bonds. The van der Waals surface area contributed by atoms with Crippen LogP contribution in [0.3, 0.4) is 0 Å². The first-order valence-corrected chi connectivity index (χ1v) is 11.2. The zero-order chi connectivity index (χ0) is 21.7. The lowest BCUT2D eigenvalue weighted by Crippen LogP contribution is -2.35. The van der Waals surface area contributed by atoms with E-state index >= 15 is 0 Å². The second-order valence-corrected chi connectivity index (χ2v) is 9.04. The number of nitrogens with zero attached hydrogens (tertiary/aromatic N) is 1. The molecule has 0 spiro atoms. The average molecular weight is 424 g/mol. The van der Waals surface area contributed by atoms with Crippen molar-refractivity contribution >= 4 is 21.6 Å². The number of carbonyl (C=O) groups excluding carboxylic acids is 1. The zero-order valence-electron chi connectivity index (χ0n) is 17.3. The molecule has 0 N–H and O–H groups in total. The van der Waals surface area contributed by atoms with Gasteiger partial charge in [-0.05, 0) is 41.3 Å². The molecular formula is C24H25NO4S. The maximum Gasteiger partial charge on any atom is 0.271 e. The SMILES string of the molecule is CC(=O)N(c1ccc(C(C)C)cc1OCc1ccccc1)S(=O)(=O)c1ccccc1. The Kier molecular flexibility index (Phi) is 6.57. The highest BCUT2D eigenvalue weighted by atomic mass is 32.2. The van der Waals surface area contributed by atoms with Crippen LogP contribution >= 0.6 is 0 Å². The molecule has 0 fully saturated rings. The van der Waals surface area contributed by atoms with Crippen molar-refractivity contribution in [3.8, 4) is 5.75 Å². The lowest BCUT2D eigenvalue weighted by atomic mass is 10.0. The van der Waals surface area contributed by atoms with Crippen LogP contribution in [0.4, 0.5) is 5.69 Å². The fourth-order valence-electron chi connectivity index (χ4n) is 3.07. The third kappa shape index (κ3) is 4.71. The van der Waals surface area contributed by atoms with E-state index in [1.54, 1.807) is 30.3 Å². The summed E-state index contributed by atoms with van der Waals surface area (Å²) >= 11 is 0. The number of benzene rings is 3. The second-order valence-electron chi connectivity index (χ2n) is 7.26. The molecular weight excluding hydrogens is 398 g/mol. The highest BCUT2D eigenvalue weighted by molar-refractivity contribution is 7.93. The molecule has 6 heteroatoms. The van der Waals surface area contributed by atoms with Crippen molar-refractivity contribution in [1.29, 1.82) is 0 Å². The quantitative estimate of drug-likeness (QED) is 0.528. The van der Waals surface area contributed by atoms with Crippen molar-refractivity contribution in [2.24, 2.45) is 0 Å². The lowest BCUT2D eigenvalue weighted by molar-refractivity contribution is -0.115. The van der Waals surface area contributed by atoms with E-state index in [4.69, 9.17) is 4.74 Å². The summed E-state index contributed by atoms with van der Waals surface area (Å²) in [5, 5.41) is 0. The van der Waals surface area contributed by atoms with Gasteiger partial charge in [-0.1, -0.05) is 68.4 Å². The number of ether oxygens (including phenoxy) is 1. The Morgan fingerprint density at radius 2 is 1.53 bits per heavy atom. The molecule has 5 nitrogen and oxygen atoms in total. The molecule has 3 rings (SSSR count). The lowest BCUT2D eigenvalue weighted by Gasteiger charge is -2.24. The molecule has 0 aliphatic rings. The molecule has 0 heterocycles. The van der Waals surface area contributed by atoms with Gasteiger partial charge in [0.2, 0.25) is 5.91 Å². The molecule has 0 radical (unpaired) electrons. The van der Waals surface area contributed by atoms with E-state index in [1.807, 2.05) is 50.2 Å². The monoisotopic (exact) mass is 423 g/mol. The minimum atomic E-state index is -4.09. The topological polar surface area (TPSA) is 63.7 Å². The fraction of sp³-hybridized carbons (Fsp3) is 0.208. The van der Waals surface area contributed by atoms with Gasteiger partial charge in [0.1, 0.15) is 18.0 Å². The van der Waals surface area contributed by atoms with Crippen molar-refractivity contribution in [3.05, 3.63) is 90.0 Å². The highest BCUT2D eigenvalue weighted by Gasteiger charge is 2.31. The van der Waals surface area contributed by atoms with Crippen LogP contribution in [0.1, 0.15) is 37.8 Å². The first-order valence-electron chi connectivity index (χ1n) is 9.72. The van der Waals surface area contributed by atoms with Gasteiger partial charge in [0.15, 0.2) is 0 Å². The summed E-state index contributed by atoms with van der Waals surface area (Å²) < 4.78 is 33.4. The smallest absolute Gasteiger partial charge is 0.271 e. The summed E-state index contributed by atoms with van der Waals surface area (Å²) in [6, 6.07) is 22.8. The largest absolute Gasteiger partial charge is 0.487 e. The third-order valence-electron chi connectivity index (χ3n) is 4.67. The van der Waals surface area contributed by atoms with E-state index in [-0.39, 0.29) is 23.1 Å². The van der Waals surface area contributed by atoms with Crippen LogP contribution in [-0.4, -0.2) is 14.3 Å². The zero-order valence-corrected chi connectivity index (χ0v) is 18.1. The first kappa shape index (κ1) is 21.6. The van der Waals surface area contributed by atoms with Gasteiger partial charge in [0, 0.05) is 6.92 Å². The van der Waals surface area contributed by atoms with Gasteiger partial charge >= 0.3 is 0 Å². The van der Waals surface area contributed by atoms with Gasteiger partial charge < -0.3 is 4.74 Å². The third-order valence-corrected chi connectivity index (χ3v) is 6.48. The molecule has 0 saturated heterocycles. The fourth-order valence-corrected chi connectivity index (χ4v) is 4.53. The molecule has 0 saturated carbocycles. The summed E-state index contributed by atoms with van der Waals surface area (Å²) in [5.74, 6) is -0.0462. The second kappa shape index (κ2) is 9.13. The molecule has 0 unspecified atom stereocenters. The van der Waals surface area contributed by atoms with E-state index in [0.29, 0.717) is 5.75 Å². The molecule has 156 valence electrons. The Balaban J connectivity index is 2.08. The predicted octanol–water partition coefficient (Wildman–Crippen LogP) is 5.13. The number of sulfonamides is 1. The van der Waals surface area contributed by atoms with Gasteiger partial charge in [-0.25, -0.2) is 8.42 Å². The average Bonchev–Trinajstić information content (AvgIpc) is 2.74. The summed E-state index contributed by atoms with van der Waals surface area (Å²) in [6.45, 7) is 5.57. The van der Waals surface area contributed by atoms with E-state index in [0.717, 1.165) is 15.4 Å². The minimum absolute atomic E-state index is 0.0437. The Hall–Kier alpha value is -3.12. The highest BCUT2D eigenvalue weighted by Crippen LogP contribution is 2.36. The van der Waals surface area contributed by atoms with Crippen LogP contribution in [0.2, 0.25) is 0 Å². The molecule has 30 heavy (non-hydrogen) atoms. The van der Waals surface area contributed by atoms with E-state index in [2.05, 4.69) is 0 Å². The maximum atomic E-state index is 13.3. The molecule has 0 atom stereocenters. The van der Waals surface area contributed by atoms with Crippen LogP contribution in [-0.2, 0) is 21.4 Å². The van der Waals surface area contributed by atoms with Crippen LogP contribution < -0.4 is 9.04 Å².